The van der Waals surface area contributed by atoms with Crippen molar-refractivity contribution in [3.8, 4) is 0 Å². The van der Waals surface area contributed by atoms with Gasteiger partial charge in [-0.3, -0.25) is 0 Å². The Morgan fingerprint density at radius 1 is 1.20 bits per heavy atom. The van der Waals surface area contributed by atoms with E-state index in [0.29, 0.717) is 0 Å². The van der Waals surface area contributed by atoms with Crippen molar-refractivity contribution in [1.82, 2.24) is 4.45 Å². The summed E-state index contributed by atoms with van der Waals surface area (Å²) in [6.45, 7) is 0. The summed E-state index contributed by atoms with van der Waals surface area (Å²) >= 11 is 6.41. The fraction of sp³-hybridized carbons (Fsp3) is 0. The van der Waals surface area contributed by atoms with Gasteiger partial charge in [0, 0.05) is 20.6 Å². The molecule has 6 nitrogen and oxygen atoms in total. The van der Waals surface area contributed by atoms with Crippen LogP contribution >= 0.6 is 39.9 Å². The fourth-order valence-corrected chi connectivity index (χ4v) is 1.21. The summed E-state index contributed by atoms with van der Waals surface area (Å²) in [4.78, 5) is 21.6. The number of hydrogen-bond acceptors (Lipinski definition) is 3. The van der Waals surface area contributed by atoms with Crippen molar-refractivity contribution in [3.63, 3.8) is 0 Å². The summed E-state index contributed by atoms with van der Waals surface area (Å²) in [5.74, 6) is 0. The molecule has 0 saturated heterocycles. The molecule has 0 fully saturated rings. The lowest BCUT2D eigenvalue weighted by molar-refractivity contribution is 0.275. The number of halogens is 2. The predicted molar refractivity (Wildman–Crippen MR) is 64.1 cm³/mol. The first-order valence-electron chi connectivity index (χ1n) is 3.49. The molecule has 1 rings (SSSR count). The van der Waals surface area contributed by atoms with Gasteiger partial charge in [0.25, 0.3) is 0 Å². The Bertz CT molecular complexity index is 337. The molecule has 0 amide bonds. The summed E-state index contributed by atoms with van der Waals surface area (Å²) < 4.78 is 12.6. The topological polar surface area (TPSA) is 102 Å². The van der Waals surface area contributed by atoms with E-state index in [0.717, 1.165) is 10.2 Å². The molecule has 0 aliphatic heterocycles. The second kappa shape index (κ2) is 7.34. The zero-order valence-corrected chi connectivity index (χ0v) is 11.3. The minimum absolute atomic E-state index is 0.999. The average molecular weight is 364 g/mol. The van der Waals surface area contributed by atoms with E-state index in [1.807, 2.05) is 24.3 Å². The molecule has 0 spiro atoms. The highest BCUT2D eigenvalue weighted by molar-refractivity contribution is 9.10. The molecular weight excluding hydrogens is 355 g/mol. The van der Waals surface area contributed by atoms with Crippen LogP contribution < -0.4 is 9.88 Å². The number of nitrogens with one attached hydrogen (secondary N) is 2. The van der Waals surface area contributed by atoms with Gasteiger partial charge in [0.15, 0.2) is 0 Å². The number of hydrogen-bond donors (Lipinski definition) is 5. The predicted octanol–water partition coefficient (Wildman–Crippen LogP) is 1.75. The van der Waals surface area contributed by atoms with E-state index in [1.165, 1.54) is 0 Å². The van der Waals surface area contributed by atoms with Gasteiger partial charge in [0.2, 0.25) is 0 Å². The van der Waals surface area contributed by atoms with E-state index in [-0.39, 0.29) is 0 Å². The monoisotopic (exact) mass is 362 g/mol. The standard InChI is InChI=1S/C6H6Br2N2.H3O4P/c7-5-3-1-2-4-6(5)9-10-8;1-5(2,3)4/h1-4,9-10H;(H3,1,2,3,4). The second-order valence-corrected chi connectivity index (χ2v) is 4.49. The first kappa shape index (κ1) is 15.0. The maximum Gasteiger partial charge on any atom is 0.466 e. The maximum atomic E-state index is 8.88. The summed E-state index contributed by atoms with van der Waals surface area (Å²) in [5.41, 5.74) is 3.90. The molecule has 9 heteroatoms. The SMILES string of the molecule is BrNNc1ccccc1Br.O=P(O)(O)O. The fourth-order valence-electron chi connectivity index (χ4n) is 0.613. The highest BCUT2D eigenvalue weighted by atomic mass is 79.9. The minimum atomic E-state index is -4.64. The van der Waals surface area contributed by atoms with E-state index in [2.05, 4.69) is 42.0 Å². The van der Waals surface area contributed by atoms with Crippen molar-refractivity contribution in [2.45, 2.75) is 0 Å². The molecule has 0 heterocycles. The van der Waals surface area contributed by atoms with Gasteiger partial charge in [-0.1, -0.05) is 12.1 Å². The molecule has 1 aromatic rings. The molecule has 86 valence electrons. The van der Waals surface area contributed by atoms with Crippen LogP contribution in [0.3, 0.4) is 0 Å². The van der Waals surface area contributed by atoms with Crippen molar-refractivity contribution in [1.29, 1.82) is 0 Å². The third-order valence-electron chi connectivity index (χ3n) is 1.06. The van der Waals surface area contributed by atoms with Crippen molar-refractivity contribution in [2.75, 3.05) is 5.43 Å². The summed E-state index contributed by atoms with van der Waals surface area (Å²) in [5, 5.41) is 0. The highest BCUT2D eigenvalue weighted by Crippen LogP contribution is 2.25. The Kier molecular flexibility index (Phi) is 7.37. The Balaban J connectivity index is 0.000000336. The molecule has 0 bridgehead atoms. The van der Waals surface area contributed by atoms with E-state index in [4.69, 9.17) is 19.2 Å². The summed E-state index contributed by atoms with van der Waals surface area (Å²) in [6, 6.07) is 7.84. The lowest BCUT2D eigenvalue weighted by atomic mass is 10.3. The van der Waals surface area contributed by atoms with E-state index >= 15 is 0 Å². The van der Waals surface area contributed by atoms with Crippen LogP contribution in [-0.2, 0) is 4.57 Å². The smallest absolute Gasteiger partial charge is 0.310 e. The van der Waals surface area contributed by atoms with Crippen LogP contribution in [0.25, 0.3) is 0 Å². The normalized spacial score (nSPS) is 10.2. The Morgan fingerprint density at radius 3 is 2.07 bits per heavy atom. The molecule has 0 saturated carbocycles. The quantitative estimate of drug-likeness (QED) is 0.312. The number of rotatable bonds is 2. The van der Waals surface area contributed by atoms with Gasteiger partial charge in [0.1, 0.15) is 0 Å². The van der Waals surface area contributed by atoms with Crippen LogP contribution in [0.2, 0.25) is 0 Å². The van der Waals surface area contributed by atoms with Crippen LogP contribution in [0.5, 0.6) is 0 Å². The van der Waals surface area contributed by atoms with Crippen LogP contribution in [0, 0.1) is 0 Å². The van der Waals surface area contributed by atoms with Gasteiger partial charge in [-0.15, -0.1) is 0 Å². The third-order valence-corrected chi connectivity index (χ3v) is 1.95. The minimum Gasteiger partial charge on any atom is -0.310 e. The number of benzene rings is 1. The third kappa shape index (κ3) is 10.3. The average Bonchev–Trinajstić information content (AvgIpc) is 2.06. The van der Waals surface area contributed by atoms with E-state index in [9.17, 15) is 0 Å². The van der Waals surface area contributed by atoms with Gasteiger partial charge in [-0.25, -0.2) is 4.57 Å². The Labute approximate surface area is 103 Å². The van der Waals surface area contributed by atoms with Crippen LogP contribution in [-0.4, -0.2) is 14.7 Å². The molecule has 15 heavy (non-hydrogen) atoms. The first-order chi connectivity index (χ1) is 6.84. The molecule has 0 aliphatic carbocycles. The summed E-state index contributed by atoms with van der Waals surface area (Å²) in [6.07, 6.45) is 0. The highest BCUT2D eigenvalue weighted by Gasteiger charge is 2.00. The molecule has 1 aromatic carbocycles. The molecule has 5 N–H and O–H groups in total. The van der Waals surface area contributed by atoms with Gasteiger partial charge in [-0.2, -0.15) is 4.45 Å². The number of para-hydroxylation sites is 1. The zero-order valence-electron chi connectivity index (χ0n) is 7.26. The largest absolute Gasteiger partial charge is 0.466 e. The van der Waals surface area contributed by atoms with Gasteiger partial charge in [-0.05, 0) is 28.1 Å². The van der Waals surface area contributed by atoms with Crippen LogP contribution in [0.1, 0.15) is 0 Å². The molecule has 0 aliphatic rings. The summed E-state index contributed by atoms with van der Waals surface area (Å²) in [7, 11) is -4.64. The lowest BCUT2D eigenvalue weighted by Gasteiger charge is -2.03. The van der Waals surface area contributed by atoms with Crippen molar-refractivity contribution in [2.24, 2.45) is 0 Å². The van der Waals surface area contributed by atoms with Crippen molar-refractivity contribution < 1.29 is 19.2 Å². The van der Waals surface area contributed by atoms with Crippen molar-refractivity contribution >= 4 is 45.6 Å². The van der Waals surface area contributed by atoms with Crippen LogP contribution in [0.15, 0.2) is 28.7 Å². The molecule has 0 atom stereocenters. The van der Waals surface area contributed by atoms with Crippen molar-refractivity contribution in [3.05, 3.63) is 28.7 Å². The zero-order chi connectivity index (χ0) is 11.9. The molecular formula is C6H9Br2N2O4P. The second-order valence-electron chi connectivity index (χ2n) is 2.21. The molecule has 0 radical (unpaired) electrons. The van der Waals surface area contributed by atoms with Gasteiger partial charge >= 0.3 is 7.82 Å². The molecule has 0 aromatic heterocycles. The Hall–Kier alpha value is 0.0500. The maximum absolute atomic E-state index is 8.88. The number of phosphoric acid groups is 1. The number of hydrazine groups is 1. The van der Waals surface area contributed by atoms with E-state index < -0.39 is 7.82 Å². The van der Waals surface area contributed by atoms with Gasteiger partial charge < -0.3 is 20.1 Å². The Morgan fingerprint density at radius 2 is 1.67 bits per heavy atom. The lowest BCUT2D eigenvalue weighted by Crippen LogP contribution is -2.07. The first-order valence-corrected chi connectivity index (χ1v) is 6.64. The van der Waals surface area contributed by atoms with Gasteiger partial charge in [0.05, 0.1) is 5.69 Å². The molecule has 0 unspecified atom stereocenters. The van der Waals surface area contributed by atoms with E-state index in [1.54, 1.807) is 0 Å². The van der Waals surface area contributed by atoms with Crippen LogP contribution in [0.4, 0.5) is 5.69 Å². The number of anilines is 1.